The van der Waals surface area contributed by atoms with Gasteiger partial charge in [0.05, 0.1) is 10.7 Å². The Balaban J connectivity index is 2.37. The predicted octanol–water partition coefficient (Wildman–Crippen LogP) is 3.16. The summed E-state index contributed by atoms with van der Waals surface area (Å²) in [6, 6.07) is 5.98. The number of para-hydroxylation sites is 1. The SMILES string of the molecule is CCc1nc(N)cc(Nc2c(F)cccc2Cl)n1. The smallest absolute Gasteiger partial charge is 0.148 e. The number of halogens is 2. The summed E-state index contributed by atoms with van der Waals surface area (Å²) in [4.78, 5) is 8.24. The molecule has 1 aromatic carbocycles. The number of hydrogen-bond acceptors (Lipinski definition) is 4. The molecule has 0 aliphatic heterocycles. The summed E-state index contributed by atoms with van der Waals surface area (Å²) in [5, 5.41) is 3.10. The number of hydrogen-bond donors (Lipinski definition) is 2. The second kappa shape index (κ2) is 5.18. The van der Waals surface area contributed by atoms with Crippen LogP contribution in [0.4, 0.5) is 21.7 Å². The van der Waals surface area contributed by atoms with E-state index in [0.717, 1.165) is 0 Å². The van der Waals surface area contributed by atoms with Crippen LogP contribution in [0.2, 0.25) is 5.02 Å². The molecule has 0 amide bonds. The van der Waals surface area contributed by atoms with Crippen molar-refractivity contribution in [1.29, 1.82) is 0 Å². The minimum Gasteiger partial charge on any atom is -0.384 e. The summed E-state index contributed by atoms with van der Waals surface area (Å²) in [6.07, 6.45) is 0.644. The number of aromatic nitrogens is 2. The number of rotatable bonds is 3. The Morgan fingerprint density at radius 2 is 2.17 bits per heavy atom. The first-order chi connectivity index (χ1) is 8.60. The Morgan fingerprint density at radius 1 is 1.39 bits per heavy atom. The second-order valence-corrected chi connectivity index (χ2v) is 4.08. The number of anilines is 3. The van der Waals surface area contributed by atoms with Gasteiger partial charge in [0.25, 0.3) is 0 Å². The van der Waals surface area contributed by atoms with Crippen molar-refractivity contribution >= 4 is 28.9 Å². The molecule has 2 rings (SSSR count). The quantitative estimate of drug-likeness (QED) is 0.896. The molecule has 0 atom stereocenters. The van der Waals surface area contributed by atoms with Crippen molar-refractivity contribution in [2.45, 2.75) is 13.3 Å². The average molecular weight is 267 g/mol. The van der Waals surface area contributed by atoms with E-state index in [9.17, 15) is 4.39 Å². The molecular formula is C12H12ClFN4. The van der Waals surface area contributed by atoms with Gasteiger partial charge in [-0.05, 0) is 12.1 Å². The monoisotopic (exact) mass is 266 g/mol. The van der Waals surface area contributed by atoms with Gasteiger partial charge in [-0.2, -0.15) is 0 Å². The Kier molecular flexibility index (Phi) is 3.62. The Hall–Kier alpha value is -1.88. The van der Waals surface area contributed by atoms with Crippen LogP contribution in [0.1, 0.15) is 12.7 Å². The van der Waals surface area contributed by atoms with E-state index in [0.29, 0.717) is 23.9 Å². The first kappa shape index (κ1) is 12.6. The van der Waals surface area contributed by atoms with Gasteiger partial charge in [0, 0.05) is 12.5 Å². The van der Waals surface area contributed by atoms with Crippen LogP contribution in [0.5, 0.6) is 0 Å². The van der Waals surface area contributed by atoms with Crippen LogP contribution in [-0.4, -0.2) is 9.97 Å². The Labute approximate surface area is 109 Å². The largest absolute Gasteiger partial charge is 0.384 e. The standard InChI is InChI=1S/C12H12ClFN4/c1-2-10-16-9(15)6-11(17-10)18-12-7(13)4-3-5-8(12)14/h3-6H,2H2,1H3,(H3,15,16,17,18). The molecule has 0 bridgehead atoms. The Morgan fingerprint density at radius 3 is 2.83 bits per heavy atom. The number of nitrogen functional groups attached to an aromatic ring is 1. The second-order valence-electron chi connectivity index (χ2n) is 3.67. The maximum Gasteiger partial charge on any atom is 0.148 e. The molecule has 0 saturated carbocycles. The van der Waals surface area contributed by atoms with Gasteiger partial charge in [-0.15, -0.1) is 0 Å². The fourth-order valence-corrected chi connectivity index (χ4v) is 1.70. The molecule has 4 nitrogen and oxygen atoms in total. The topological polar surface area (TPSA) is 63.8 Å². The molecule has 0 aliphatic rings. The van der Waals surface area contributed by atoms with Crippen molar-refractivity contribution < 1.29 is 4.39 Å². The number of nitrogens with zero attached hydrogens (tertiary/aromatic N) is 2. The van der Waals surface area contributed by atoms with Gasteiger partial charge in [0.1, 0.15) is 23.3 Å². The average Bonchev–Trinajstić information content (AvgIpc) is 2.33. The number of nitrogens with two attached hydrogens (primary N) is 1. The lowest BCUT2D eigenvalue weighted by atomic mass is 10.3. The minimum absolute atomic E-state index is 0.180. The van der Waals surface area contributed by atoms with Crippen molar-refractivity contribution in [1.82, 2.24) is 9.97 Å². The normalized spacial score (nSPS) is 10.4. The van der Waals surface area contributed by atoms with Gasteiger partial charge < -0.3 is 11.1 Å². The molecule has 0 saturated heterocycles. The molecule has 1 aromatic heterocycles. The maximum atomic E-state index is 13.6. The van der Waals surface area contributed by atoms with Crippen molar-refractivity contribution in [3.8, 4) is 0 Å². The molecule has 3 N–H and O–H groups in total. The lowest BCUT2D eigenvalue weighted by molar-refractivity contribution is 0.632. The van der Waals surface area contributed by atoms with Crippen molar-refractivity contribution in [3.63, 3.8) is 0 Å². The highest BCUT2D eigenvalue weighted by molar-refractivity contribution is 6.33. The van der Waals surface area contributed by atoms with E-state index in [1.54, 1.807) is 6.07 Å². The van der Waals surface area contributed by atoms with E-state index >= 15 is 0 Å². The molecule has 0 spiro atoms. The molecule has 94 valence electrons. The van der Waals surface area contributed by atoms with Crippen molar-refractivity contribution in [2.75, 3.05) is 11.1 Å². The lowest BCUT2D eigenvalue weighted by Gasteiger charge is -2.10. The zero-order chi connectivity index (χ0) is 13.1. The van der Waals surface area contributed by atoms with Gasteiger partial charge in [0.2, 0.25) is 0 Å². The molecular weight excluding hydrogens is 255 g/mol. The maximum absolute atomic E-state index is 13.6. The van der Waals surface area contributed by atoms with Crippen LogP contribution >= 0.6 is 11.6 Å². The molecule has 6 heteroatoms. The molecule has 0 radical (unpaired) electrons. The third kappa shape index (κ3) is 2.68. The fraction of sp³-hybridized carbons (Fsp3) is 0.167. The molecule has 1 heterocycles. The lowest BCUT2D eigenvalue weighted by Crippen LogP contribution is -2.03. The van der Waals surface area contributed by atoms with Gasteiger partial charge in [-0.1, -0.05) is 24.6 Å². The zero-order valence-corrected chi connectivity index (χ0v) is 10.5. The highest BCUT2D eigenvalue weighted by Crippen LogP contribution is 2.27. The predicted molar refractivity (Wildman–Crippen MR) is 70.5 cm³/mol. The Bertz CT molecular complexity index is 554. The van der Waals surface area contributed by atoms with Crippen LogP contribution < -0.4 is 11.1 Å². The molecule has 0 unspecified atom stereocenters. The van der Waals surface area contributed by atoms with Gasteiger partial charge in [0.15, 0.2) is 0 Å². The number of benzene rings is 1. The third-order valence-electron chi connectivity index (χ3n) is 2.32. The van der Waals surface area contributed by atoms with Crippen LogP contribution in [-0.2, 0) is 6.42 Å². The molecule has 2 aromatic rings. The summed E-state index contributed by atoms with van der Waals surface area (Å²) in [5.74, 6) is 0.894. The molecule has 0 fully saturated rings. The molecule has 0 aliphatic carbocycles. The van der Waals surface area contributed by atoms with Crippen LogP contribution in [0.15, 0.2) is 24.3 Å². The zero-order valence-electron chi connectivity index (χ0n) is 9.74. The molecule has 18 heavy (non-hydrogen) atoms. The van der Waals surface area contributed by atoms with E-state index in [1.165, 1.54) is 18.2 Å². The first-order valence-corrected chi connectivity index (χ1v) is 5.82. The van der Waals surface area contributed by atoms with Gasteiger partial charge >= 0.3 is 0 Å². The van der Waals surface area contributed by atoms with E-state index < -0.39 is 5.82 Å². The van der Waals surface area contributed by atoms with E-state index in [2.05, 4.69) is 15.3 Å². The van der Waals surface area contributed by atoms with E-state index in [-0.39, 0.29) is 10.7 Å². The third-order valence-corrected chi connectivity index (χ3v) is 2.64. The van der Waals surface area contributed by atoms with Crippen LogP contribution in [0.3, 0.4) is 0 Å². The highest BCUT2D eigenvalue weighted by atomic mass is 35.5. The van der Waals surface area contributed by atoms with E-state index in [4.69, 9.17) is 17.3 Å². The minimum atomic E-state index is -0.447. The van der Waals surface area contributed by atoms with Crippen molar-refractivity contribution in [2.24, 2.45) is 0 Å². The number of aryl methyl sites for hydroxylation is 1. The van der Waals surface area contributed by atoms with E-state index in [1.807, 2.05) is 6.92 Å². The highest BCUT2D eigenvalue weighted by Gasteiger charge is 2.09. The summed E-state index contributed by atoms with van der Waals surface area (Å²) in [7, 11) is 0. The van der Waals surface area contributed by atoms with Crippen molar-refractivity contribution in [3.05, 3.63) is 40.9 Å². The fourth-order valence-electron chi connectivity index (χ4n) is 1.49. The van der Waals surface area contributed by atoms with Gasteiger partial charge in [-0.3, -0.25) is 0 Å². The summed E-state index contributed by atoms with van der Waals surface area (Å²) in [5.41, 5.74) is 5.83. The first-order valence-electron chi connectivity index (χ1n) is 5.44. The summed E-state index contributed by atoms with van der Waals surface area (Å²) >= 11 is 5.92. The summed E-state index contributed by atoms with van der Waals surface area (Å²) in [6.45, 7) is 1.91. The van der Waals surface area contributed by atoms with Gasteiger partial charge in [-0.25, -0.2) is 14.4 Å². The van der Waals surface area contributed by atoms with Crippen LogP contribution in [0.25, 0.3) is 0 Å². The van der Waals surface area contributed by atoms with Crippen LogP contribution in [0, 0.1) is 5.82 Å². The number of nitrogens with one attached hydrogen (secondary N) is 1. The summed E-state index contributed by atoms with van der Waals surface area (Å²) < 4.78 is 13.6.